The molecule has 0 saturated heterocycles. The third-order valence-electron chi connectivity index (χ3n) is 0.340. The maximum absolute atomic E-state index is 11.0. The van der Waals surface area contributed by atoms with E-state index in [1.54, 1.807) is 0 Å². The van der Waals surface area contributed by atoms with Crippen LogP contribution in [0.5, 0.6) is 0 Å². The topological polar surface area (TPSA) is 35.2 Å². The van der Waals surface area contributed by atoms with Crippen molar-refractivity contribution in [2.75, 3.05) is 0 Å². The lowest BCUT2D eigenvalue weighted by Crippen LogP contribution is -1.93. The highest BCUT2D eigenvalue weighted by Gasteiger charge is 1.76. The largest absolute Gasteiger partial charge is 0.414 e. The Morgan fingerprint density at radius 3 is 2.50 bits per heavy atom. The molecule has 0 atom stereocenters. The molecule has 0 unspecified atom stereocenters. The molecule has 0 bridgehead atoms. The summed E-state index contributed by atoms with van der Waals surface area (Å²) in [6.45, 7) is 1.42. The standard InChI is InChI=1S/C3H6FNO/c1-3(2-4)6-5/h2H,5H2,1H3/b3-2-. The fourth-order valence-corrected chi connectivity index (χ4v) is 0.0257. The molecule has 0 amide bonds. The molecule has 0 rings (SSSR count). The van der Waals surface area contributed by atoms with Crippen LogP contribution in [0.4, 0.5) is 4.39 Å². The highest BCUT2D eigenvalue weighted by atomic mass is 19.1. The lowest BCUT2D eigenvalue weighted by molar-refractivity contribution is 0.216. The van der Waals surface area contributed by atoms with E-state index < -0.39 is 0 Å². The predicted molar refractivity (Wildman–Crippen MR) is 20.1 cm³/mol. The molecule has 2 N–H and O–H groups in total. The summed E-state index contributed by atoms with van der Waals surface area (Å²) in [6.07, 6.45) is 0.292. The number of rotatable bonds is 1. The van der Waals surface area contributed by atoms with E-state index in [1.165, 1.54) is 6.92 Å². The zero-order valence-electron chi connectivity index (χ0n) is 3.44. The second-order valence-electron chi connectivity index (χ2n) is 0.838. The van der Waals surface area contributed by atoms with E-state index in [2.05, 4.69) is 10.7 Å². The fourth-order valence-electron chi connectivity index (χ4n) is 0.0257. The van der Waals surface area contributed by atoms with Crippen LogP contribution in [0.2, 0.25) is 0 Å². The van der Waals surface area contributed by atoms with Crippen molar-refractivity contribution in [3.8, 4) is 0 Å². The van der Waals surface area contributed by atoms with Crippen molar-refractivity contribution in [2.24, 2.45) is 5.90 Å². The SMILES string of the molecule is C/C(=C/F)ON. The van der Waals surface area contributed by atoms with Crippen LogP contribution in [0.15, 0.2) is 12.1 Å². The van der Waals surface area contributed by atoms with Gasteiger partial charge < -0.3 is 4.84 Å². The van der Waals surface area contributed by atoms with Crippen molar-refractivity contribution >= 4 is 0 Å². The quantitative estimate of drug-likeness (QED) is 0.381. The Balaban J connectivity index is 3.22. The van der Waals surface area contributed by atoms with Gasteiger partial charge in [0.05, 0.1) is 0 Å². The van der Waals surface area contributed by atoms with Gasteiger partial charge >= 0.3 is 0 Å². The average molecular weight is 91.1 g/mol. The van der Waals surface area contributed by atoms with Crippen LogP contribution >= 0.6 is 0 Å². The molecule has 0 aromatic carbocycles. The van der Waals surface area contributed by atoms with Crippen molar-refractivity contribution in [3.63, 3.8) is 0 Å². The number of hydrogen-bond donors (Lipinski definition) is 1. The zero-order valence-corrected chi connectivity index (χ0v) is 3.44. The Bertz CT molecular complexity index is 61.8. The molecule has 0 saturated carbocycles. The van der Waals surface area contributed by atoms with Gasteiger partial charge in [-0.2, -0.15) is 5.90 Å². The van der Waals surface area contributed by atoms with Gasteiger partial charge in [0, 0.05) is 0 Å². The number of halogens is 1. The molecule has 0 aliphatic heterocycles. The van der Waals surface area contributed by atoms with Gasteiger partial charge in [-0.05, 0) is 6.92 Å². The monoisotopic (exact) mass is 91.0 g/mol. The van der Waals surface area contributed by atoms with Gasteiger partial charge in [-0.1, -0.05) is 0 Å². The molecule has 0 spiro atoms. The summed E-state index contributed by atoms with van der Waals surface area (Å²) in [5.74, 6) is 4.55. The third kappa shape index (κ3) is 1.72. The third-order valence-corrected chi connectivity index (χ3v) is 0.340. The molecule has 2 nitrogen and oxygen atoms in total. The van der Waals surface area contributed by atoms with E-state index in [0.29, 0.717) is 6.33 Å². The molecular weight excluding hydrogens is 85.0 g/mol. The Hall–Kier alpha value is -0.570. The minimum Gasteiger partial charge on any atom is -0.414 e. The average Bonchev–Trinajstić information content (AvgIpc) is 1.65. The van der Waals surface area contributed by atoms with Gasteiger partial charge in [-0.15, -0.1) is 0 Å². The Morgan fingerprint density at radius 1 is 2.00 bits per heavy atom. The molecule has 3 heteroatoms. The van der Waals surface area contributed by atoms with E-state index in [4.69, 9.17) is 0 Å². The number of nitrogens with two attached hydrogens (primary N) is 1. The van der Waals surface area contributed by atoms with Gasteiger partial charge in [0.1, 0.15) is 12.1 Å². The molecule has 0 fully saturated rings. The summed E-state index contributed by atoms with van der Waals surface area (Å²) >= 11 is 0. The van der Waals surface area contributed by atoms with Crippen LogP contribution in [-0.4, -0.2) is 0 Å². The zero-order chi connectivity index (χ0) is 4.99. The van der Waals surface area contributed by atoms with E-state index in [0.717, 1.165) is 0 Å². The van der Waals surface area contributed by atoms with Crippen LogP contribution in [0, 0.1) is 0 Å². The van der Waals surface area contributed by atoms with Crippen molar-refractivity contribution in [1.29, 1.82) is 0 Å². The molecular formula is C3H6FNO. The first kappa shape index (κ1) is 5.43. The van der Waals surface area contributed by atoms with Gasteiger partial charge in [0.15, 0.2) is 0 Å². The molecule has 0 aromatic rings. The van der Waals surface area contributed by atoms with Crippen LogP contribution in [0.3, 0.4) is 0 Å². The van der Waals surface area contributed by atoms with Crippen molar-refractivity contribution < 1.29 is 9.23 Å². The molecule has 0 radical (unpaired) electrons. The highest BCUT2D eigenvalue weighted by Crippen LogP contribution is 1.86. The summed E-state index contributed by atoms with van der Waals surface area (Å²) in [5.41, 5.74) is 0. The smallest absolute Gasteiger partial charge is 0.148 e. The normalized spacial score (nSPS) is 11.5. The minimum absolute atomic E-state index is 0.0787. The first-order valence-electron chi connectivity index (χ1n) is 1.45. The summed E-state index contributed by atoms with van der Waals surface area (Å²) < 4.78 is 11.0. The van der Waals surface area contributed by atoms with Crippen molar-refractivity contribution in [2.45, 2.75) is 6.92 Å². The second kappa shape index (κ2) is 2.66. The van der Waals surface area contributed by atoms with Crippen LogP contribution in [0.1, 0.15) is 6.92 Å². The van der Waals surface area contributed by atoms with Crippen molar-refractivity contribution in [3.05, 3.63) is 12.1 Å². The second-order valence-corrected chi connectivity index (χ2v) is 0.838. The van der Waals surface area contributed by atoms with Gasteiger partial charge in [0.25, 0.3) is 0 Å². The minimum atomic E-state index is 0.0787. The molecule has 0 aliphatic carbocycles. The predicted octanol–water partition coefficient (Wildman–Crippen LogP) is 0.708. The Morgan fingerprint density at radius 2 is 2.50 bits per heavy atom. The van der Waals surface area contributed by atoms with Crippen LogP contribution in [-0.2, 0) is 4.84 Å². The van der Waals surface area contributed by atoms with Crippen LogP contribution in [0.25, 0.3) is 0 Å². The van der Waals surface area contributed by atoms with E-state index in [9.17, 15) is 4.39 Å². The first-order chi connectivity index (χ1) is 2.81. The summed E-state index contributed by atoms with van der Waals surface area (Å²) in [7, 11) is 0. The maximum atomic E-state index is 11.0. The summed E-state index contributed by atoms with van der Waals surface area (Å²) in [5, 5.41) is 0. The summed E-state index contributed by atoms with van der Waals surface area (Å²) in [4.78, 5) is 3.89. The van der Waals surface area contributed by atoms with Crippen molar-refractivity contribution in [1.82, 2.24) is 0 Å². The van der Waals surface area contributed by atoms with Crippen LogP contribution < -0.4 is 5.90 Å². The fraction of sp³-hybridized carbons (Fsp3) is 0.333. The first-order valence-corrected chi connectivity index (χ1v) is 1.45. The van der Waals surface area contributed by atoms with E-state index in [1.807, 2.05) is 0 Å². The molecule has 0 heterocycles. The molecule has 6 heavy (non-hydrogen) atoms. The van der Waals surface area contributed by atoms with Gasteiger partial charge in [0.2, 0.25) is 0 Å². The summed E-state index contributed by atoms with van der Waals surface area (Å²) in [6, 6.07) is 0. The van der Waals surface area contributed by atoms with Gasteiger partial charge in [-0.3, -0.25) is 0 Å². The maximum Gasteiger partial charge on any atom is 0.148 e. The number of hydrogen-bond acceptors (Lipinski definition) is 2. The van der Waals surface area contributed by atoms with E-state index >= 15 is 0 Å². The lowest BCUT2D eigenvalue weighted by Gasteiger charge is -1.88. The molecule has 0 aliphatic rings. The van der Waals surface area contributed by atoms with E-state index in [-0.39, 0.29) is 5.76 Å². The Labute approximate surface area is 35.4 Å². The number of allylic oxidation sites excluding steroid dienone is 1. The molecule has 36 valence electrons. The van der Waals surface area contributed by atoms with Gasteiger partial charge in [-0.25, -0.2) is 4.39 Å². The lowest BCUT2D eigenvalue weighted by atomic mass is 10.7. The highest BCUT2D eigenvalue weighted by molar-refractivity contribution is 4.77. The Kier molecular flexibility index (Phi) is 2.40. The molecule has 0 aromatic heterocycles.